The van der Waals surface area contributed by atoms with Crippen LogP contribution in [-0.4, -0.2) is 25.3 Å². The van der Waals surface area contributed by atoms with Crippen molar-refractivity contribution < 1.29 is 4.39 Å². The Kier molecular flexibility index (Phi) is 10.3. The van der Waals surface area contributed by atoms with Crippen molar-refractivity contribution in [2.75, 3.05) is 19.3 Å². The van der Waals surface area contributed by atoms with Crippen molar-refractivity contribution in [3.05, 3.63) is 58.0 Å². The normalized spacial score (nSPS) is 11.0. The third kappa shape index (κ3) is 7.54. The Morgan fingerprint density at radius 3 is 2.78 bits per heavy atom. The van der Waals surface area contributed by atoms with Crippen molar-refractivity contribution in [3.8, 4) is 0 Å². The number of guanidine groups is 1. The molecule has 0 radical (unpaired) electrons. The van der Waals surface area contributed by atoms with E-state index in [9.17, 15) is 4.39 Å². The molecule has 0 aliphatic rings. The number of nitrogens with one attached hydrogen (secondary N) is 2. The minimum atomic E-state index is -0.129. The van der Waals surface area contributed by atoms with E-state index in [4.69, 9.17) is 0 Å². The molecule has 0 spiro atoms. The Morgan fingerprint density at radius 2 is 2.09 bits per heavy atom. The molecule has 126 valence electrons. The lowest BCUT2D eigenvalue weighted by molar-refractivity contribution is 0.617. The van der Waals surface area contributed by atoms with Gasteiger partial charge in [0.15, 0.2) is 5.96 Å². The second-order valence-corrected chi connectivity index (χ2v) is 6.51. The predicted molar refractivity (Wildman–Crippen MR) is 110 cm³/mol. The fourth-order valence-electron chi connectivity index (χ4n) is 1.84. The minimum absolute atomic E-state index is 0. The van der Waals surface area contributed by atoms with Gasteiger partial charge in [0.1, 0.15) is 5.82 Å². The first-order chi connectivity index (χ1) is 10.8. The lowest BCUT2D eigenvalue weighted by Gasteiger charge is -2.11. The number of nitrogens with zero attached hydrogens (tertiary/aromatic N) is 1. The molecule has 2 N–H and O–H groups in total. The van der Waals surface area contributed by atoms with Gasteiger partial charge in [0, 0.05) is 31.6 Å². The fourth-order valence-corrected chi connectivity index (χ4v) is 3.35. The third-order valence-corrected chi connectivity index (χ3v) is 4.76. The van der Waals surface area contributed by atoms with Gasteiger partial charge in [-0.15, -0.1) is 24.0 Å². The van der Waals surface area contributed by atoms with Gasteiger partial charge in [0.05, 0.1) is 0 Å². The maximum atomic E-state index is 13.5. The van der Waals surface area contributed by atoms with E-state index < -0.39 is 0 Å². The summed E-state index contributed by atoms with van der Waals surface area (Å²) in [7, 11) is 1.76. The van der Waals surface area contributed by atoms with Crippen molar-refractivity contribution in [2.45, 2.75) is 12.3 Å². The van der Waals surface area contributed by atoms with Crippen LogP contribution in [0.2, 0.25) is 0 Å². The molecule has 0 unspecified atom stereocenters. The predicted octanol–water partition coefficient (Wildman–Crippen LogP) is 4.10. The topological polar surface area (TPSA) is 36.4 Å². The molecule has 0 saturated heterocycles. The first kappa shape index (κ1) is 20.2. The zero-order chi connectivity index (χ0) is 15.6. The first-order valence-electron chi connectivity index (χ1n) is 7.06. The molecule has 7 heteroatoms. The number of benzene rings is 1. The summed E-state index contributed by atoms with van der Waals surface area (Å²) in [4.78, 5) is 4.19. The molecule has 2 aromatic rings. The maximum Gasteiger partial charge on any atom is 0.191 e. The van der Waals surface area contributed by atoms with Gasteiger partial charge >= 0.3 is 0 Å². The van der Waals surface area contributed by atoms with Crippen molar-refractivity contribution in [3.63, 3.8) is 0 Å². The molecule has 1 aromatic heterocycles. The smallest absolute Gasteiger partial charge is 0.191 e. The van der Waals surface area contributed by atoms with Gasteiger partial charge < -0.3 is 10.6 Å². The summed E-state index contributed by atoms with van der Waals surface area (Å²) < 4.78 is 13.5. The number of hydrogen-bond donors (Lipinski definition) is 2. The van der Waals surface area contributed by atoms with Crippen LogP contribution in [0.25, 0.3) is 0 Å². The van der Waals surface area contributed by atoms with Crippen molar-refractivity contribution >= 4 is 53.0 Å². The summed E-state index contributed by atoms with van der Waals surface area (Å²) in [5.41, 5.74) is 2.01. The van der Waals surface area contributed by atoms with E-state index in [1.54, 1.807) is 36.2 Å². The van der Waals surface area contributed by atoms with Gasteiger partial charge in [-0.25, -0.2) is 4.39 Å². The Balaban J connectivity index is 0.00000264. The third-order valence-electron chi connectivity index (χ3n) is 3.02. The molecule has 0 aliphatic carbocycles. The highest BCUT2D eigenvalue weighted by Crippen LogP contribution is 2.14. The average Bonchev–Trinajstić information content (AvgIpc) is 3.05. The molecule has 0 fully saturated rings. The van der Waals surface area contributed by atoms with Crippen LogP contribution in [0.5, 0.6) is 0 Å². The van der Waals surface area contributed by atoms with Crippen LogP contribution in [0.3, 0.4) is 0 Å². The summed E-state index contributed by atoms with van der Waals surface area (Å²) in [5.74, 6) is 2.25. The number of rotatable bonds is 7. The monoisotopic (exact) mass is 465 g/mol. The zero-order valence-corrected chi connectivity index (χ0v) is 16.9. The summed E-state index contributed by atoms with van der Waals surface area (Å²) in [5, 5.41) is 10.7. The number of thioether (sulfide) groups is 1. The molecular weight excluding hydrogens is 444 g/mol. The van der Waals surface area contributed by atoms with Gasteiger partial charge in [-0.2, -0.15) is 23.1 Å². The van der Waals surface area contributed by atoms with Gasteiger partial charge in [-0.05, 0) is 34.0 Å². The number of thiophene rings is 1. The molecule has 1 aromatic carbocycles. The standard InChI is InChI=1S/C16H20FN3S2.HI/c1-18-16(20-10-13-6-8-21-11-13)19-7-9-22-12-14-4-2-3-5-15(14)17;/h2-6,8,11H,7,9-10,12H2,1H3,(H2,18,19,20);1H. The van der Waals surface area contributed by atoms with E-state index in [2.05, 4.69) is 32.5 Å². The Hall–Kier alpha value is -0.800. The second kappa shape index (κ2) is 11.7. The molecule has 0 atom stereocenters. The van der Waals surface area contributed by atoms with Gasteiger partial charge in [-0.3, -0.25) is 4.99 Å². The minimum Gasteiger partial charge on any atom is -0.356 e. The van der Waals surface area contributed by atoms with E-state index >= 15 is 0 Å². The second-order valence-electron chi connectivity index (χ2n) is 4.63. The van der Waals surface area contributed by atoms with Crippen molar-refractivity contribution in [2.24, 2.45) is 4.99 Å². The Labute approximate surface area is 162 Å². The zero-order valence-electron chi connectivity index (χ0n) is 12.9. The summed E-state index contributed by atoms with van der Waals surface area (Å²) in [6.45, 7) is 1.56. The molecule has 1 heterocycles. The Morgan fingerprint density at radius 1 is 1.26 bits per heavy atom. The van der Waals surface area contributed by atoms with E-state index in [1.807, 2.05) is 12.1 Å². The molecule has 0 bridgehead atoms. The Bertz CT molecular complexity index is 591. The number of aliphatic imine (C=N–C) groups is 1. The lowest BCUT2D eigenvalue weighted by Crippen LogP contribution is -2.37. The SMILES string of the molecule is CN=C(NCCSCc1ccccc1F)NCc1ccsc1.I. The van der Waals surface area contributed by atoms with Crippen LogP contribution in [0.1, 0.15) is 11.1 Å². The van der Waals surface area contributed by atoms with Crippen LogP contribution in [0.15, 0.2) is 46.1 Å². The summed E-state index contributed by atoms with van der Waals surface area (Å²) in [6.07, 6.45) is 0. The lowest BCUT2D eigenvalue weighted by atomic mass is 10.2. The first-order valence-corrected chi connectivity index (χ1v) is 9.16. The molecule has 2 rings (SSSR count). The highest BCUT2D eigenvalue weighted by Gasteiger charge is 2.01. The van der Waals surface area contributed by atoms with E-state index in [0.29, 0.717) is 5.75 Å². The number of hydrogen-bond acceptors (Lipinski definition) is 3. The van der Waals surface area contributed by atoms with Crippen LogP contribution in [0.4, 0.5) is 4.39 Å². The molecule has 0 saturated carbocycles. The fraction of sp³-hybridized carbons (Fsp3) is 0.312. The molecule has 0 aliphatic heterocycles. The molecule has 23 heavy (non-hydrogen) atoms. The highest BCUT2D eigenvalue weighted by molar-refractivity contribution is 14.0. The van der Waals surface area contributed by atoms with Crippen LogP contribution >= 0.6 is 47.1 Å². The average molecular weight is 465 g/mol. The summed E-state index contributed by atoms with van der Waals surface area (Å²) in [6, 6.07) is 9.01. The van der Waals surface area contributed by atoms with Crippen molar-refractivity contribution in [1.29, 1.82) is 0 Å². The van der Waals surface area contributed by atoms with Crippen molar-refractivity contribution in [1.82, 2.24) is 10.6 Å². The maximum absolute atomic E-state index is 13.5. The van der Waals surface area contributed by atoms with E-state index in [-0.39, 0.29) is 29.8 Å². The molecular formula is C16H21FIN3S2. The largest absolute Gasteiger partial charge is 0.356 e. The molecule has 0 amide bonds. The number of halogens is 2. The van der Waals surface area contributed by atoms with E-state index in [0.717, 1.165) is 30.4 Å². The van der Waals surface area contributed by atoms with Crippen LogP contribution in [-0.2, 0) is 12.3 Å². The van der Waals surface area contributed by atoms with Gasteiger partial charge in [0.25, 0.3) is 0 Å². The quantitative estimate of drug-likeness (QED) is 0.280. The molecule has 3 nitrogen and oxygen atoms in total. The van der Waals surface area contributed by atoms with Crippen LogP contribution < -0.4 is 10.6 Å². The van der Waals surface area contributed by atoms with Crippen LogP contribution in [0, 0.1) is 5.82 Å². The van der Waals surface area contributed by atoms with Gasteiger partial charge in [0.2, 0.25) is 0 Å². The van der Waals surface area contributed by atoms with Gasteiger partial charge in [-0.1, -0.05) is 18.2 Å². The highest BCUT2D eigenvalue weighted by atomic mass is 127. The summed E-state index contributed by atoms with van der Waals surface area (Å²) >= 11 is 3.39. The van der Waals surface area contributed by atoms with E-state index in [1.165, 1.54) is 11.6 Å².